The van der Waals surface area contributed by atoms with E-state index in [1.54, 1.807) is 25.2 Å². The average Bonchev–Trinajstić information content (AvgIpc) is 2.85. The zero-order chi connectivity index (χ0) is 17.7. The van der Waals surface area contributed by atoms with Gasteiger partial charge in [-0.15, -0.1) is 11.3 Å². The van der Waals surface area contributed by atoms with Gasteiger partial charge in [-0.05, 0) is 12.3 Å². The number of thiazole rings is 1. The predicted molar refractivity (Wildman–Crippen MR) is 94.8 cm³/mol. The fourth-order valence-corrected chi connectivity index (χ4v) is 3.45. The first-order valence-corrected chi connectivity index (χ1v) is 8.59. The van der Waals surface area contributed by atoms with Gasteiger partial charge in [0.2, 0.25) is 5.91 Å². The van der Waals surface area contributed by atoms with Crippen LogP contribution in [-0.2, 0) is 16.1 Å². The first-order chi connectivity index (χ1) is 11.3. The van der Waals surface area contributed by atoms with E-state index < -0.39 is 11.4 Å². The average molecular weight is 346 g/mol. The van der Waals surface area contributed by atoms with Gasteiger partial charge in [0, 0.05) is 16.9 Å². The Bertz CT molecular complexity index is 723. The second-order valence-electron chi connectivity index (χ2n) is 6.58. The molecule has 5 nitrogen and oxygen atoms in total. The number of rotatable bonds is 7. The normalized spacial score (nSPS) is 11.3. The van der Waals surface area contributed by atoms with Crippen LogP contribution in [-0.4, -0.2) is 22.0 Å². The van der Waals surface area contributed by atoms with Crippen LogP contribution in [0.3, 0.4) is 0 Å². The van der Waals surface area contributed by atoms with Crippen molar-refractivity contribution in [3.63, 3.8) is 0 Å². The summed E-state index contributed by atoms with van der Waals surface area (Å²) in [6.07, 6.45) is 0.154. The van der Waals surface area contributed by atoms with Gasteiger partial charge in [-0.1, -0.05) is 44.2 Å². The molecule has 0 aliphatic carbocycles. The molecule has 1 amide bonds. The first kappa shape index (κ1) is 18.1. The van der Waals surface area contributed by atoms with Gasteiger partial charge in [0.15, 0.2) is 0 Å². The lowest BCUT2D eigenvalue weighted by atomic mass is 9.85. The molecule has 24 heavy (non-hydrogen) atoms. The quantitative estimate of drug-likeness (QED) is 0.802. The molecule has 6 heteroatoms. The van der Waals surface area contributed by atoms with Gasteiger partial charge >= 0.3 is 5.97 Å². The van der Waals surface area contributed by atoms with Crippen molar-refractivity contribution in [3.8, 4) is 10.6 Å². The number of nitrogens with zero attached hydrogens (tertiary/aromatic N) is 1. The van der Waals surface area contributed by atoms with Crippen molar-refractivity contribution in [2.75, 3.05) is 0 Å². The summed E-state index contributed by atoms with van der Waals surface area (Å²) in [5, 5.41) is 12.7. The molecule has 0 atom stereocenters. The highest BCUT2D eigenvalue weighted by Gasteiger charge is 2.25. The number of nitrogens with one attached hydrogen (secondary N) is 1. The number of hydrogen-bond acceptors (Lipinski definition) is 4. The zero-order valence-corrected chi connectivity index (χ0v) is 14.9. The molecule has 0 saturated heterocycles. The fourth-order valence-electron chi connectivity index (χ4n) is 2.44. The van der Waals surface area contributed by atoms with Crippen LogP contribution in [0.5, 0.6) is 0 Å². The largest absolute Gasteiger partial charge is 0.481 e. The Labute approximate surface area is 145 Å². The molecule has 2 rings (SSSR count). The summed E-state index contributed by atoms with van der Waals surface area (Å²) in [6, 6.07) is 9.92. The first-order valence-electron chi connectivity index (χ1n) is 7.77. The lowest BCUT2D eigenvalue weighted by molar-refractivity contribution is -0.139. The monoisotopic (exact) mass is 346 g/mol. The van der Waals surface area contributed by atoms with Gasteiger partial charge in [-0.2, -0.15) is 0 Å². The maximum atomic E-state index is 12.1. The molecule has 2 N–H and O–H groups in total. The summed E-state index contributed by atoms with van der Waals surface area (Å²) in [7, 11) is 0. The molecule has 1 heterocycles. The van der Waals surface area contributed by atoms with E-state index in [0.717, 1.165) is 21.1 Å². The molecule has 0 aliphatic rings. The van der Waals surface area contributed by atoms with Gasteiger partial charge in [0.25, 0.3) is 0 Å². The number of carbonyl (C=O) groups is 2. The molecule has 0 spiro atoms. The Morgan fingerprint density at radius 2 is 1.88 bits per heavy atom. The lowest BCUT2D eigenvalue weighted by Gasteiger charge is -2.21. The Morgan fingerprint density at radius 1 is 1.21 bits per heavy atom. The number of aliphatic carboxylic acids is 1. The van der Waals surface area contributed by atoms with Crippen LogP contribution >= 0.6 is 11.3 Å². The Hall–Kier alpha value is -2.21. The van der Waals surface area contributed by atoms with Crippen LogP contribution < -0.4 is 5.32 Å². The smallest absolute Gasteiger partial charge is 0.303 e. The van der Waals surface area contributed by atoms with E-state index in [4.69, 9.17) is 5.11 Å². The van der Waals surface area contributed by atoms with E-state index >= 15 is 0 Å². The van der Waals surface area contributed by atoms with Crippen LogP contribution in [0.15, 0.2) is 30.3 Å². The third-order valence-corrected chi connectivity index (χ3v) is 4.83. The number of hydrogen-bond donors (Lipinski definition) is 2. The summed E-state index contributed by atoms with van der Waals surface area (Å²) >= 11 is 1.56. The van der Waals surface area contributed by atoms with Crippen LogP contribution in [0.4, 0.5) is 0 Å². The molecular formula is C18H22N2O3S. The van der Waals surface area contributed by atoms with Crippen molar-refractivity contribution in [1.82, 2.24) is 10.3 Å². The molecule has 0 bridgehead atoms. The fraction of sp³-hybridized carbons (Fsp3) is 0.389. The van der Waals surface area contributed by atoms with Crippen molar-refractivity contribution >= 4 is 23.2 Å². The lowest BCUT2D eigenvalue weighted by Crippen LogP contribution is -2.29. The Morgan fingerprint density at radius 3 is 2.50 bits per heavy atom. The van der Waals surface area contributed by atoms with Crippen molar-refractivity contribution in [2.24, 2.45) is 5.41 Å². The number of amides is 1. The van der Waals surface area contributed by atoms with Gasteiger partial charge < -0.3 is 10.4 Å². The summed E-state index contributed by atoms with van der Waals surface area (Å²) in [5.41, 5.74) is 1.41. The van der Waals surface area contributed by atoms with E-state index in [2.05, 4.69) is 10.3 Å². The van der Waals surface area contributed by atoms with Gasteiger partial charge in [0.05, 0.1) is 18.7 Å². The highest BCUT2D eigenvalue weighted by molar-refractivity contribution is 7.15. The molecule has 2 aromatic rings. The SMILES string of the molecule is Cc1nc(-c2ccccc2)sc1CNC(=O)CC(C)(C)CC(=O)O. The van der Waals surface area contributed by atoms with Crippen molar-refractivity contribution in [2.45, 2.75) is 40.2 Å². The van der Waals surface area contributed by atoms with Crippen LogP contribution in [0.2, 0.25) is 0 Å². The van der Waals surface area contributed by atoms with Crippen LogP contribution in [0, 0.1) is 12.3 Å². The number of aryl methyl sites for hydroxylation is 1. The molecule has 0 saturated carbocycles. The number of carbonyl (C=O) groups excluding carboxylic acids is 1. The molecule has 128 valence electrons. The number of benzene rings is 1. The Kier molecular flexibility index (Phi) is 5.72. The van der Waals surface area contributed by atoms with E-state index in [1.165, 1.54) is 0 Å². The summed E-state index contributed by atoms with van der Waals surface area (Å²) in [4.78, 5) is 28.5. The molecule has 1 aromatic carbocycles. The minimum atomic E-state index is -0.890. The molecule has 1 aromatic heterocycles. The highest BCUT2D eigenvalue weighted by Crippen LogP contribution is 2.28. The number of carboxylic acids is 1. The molecule has 0 unspecified atom stereocenters. The highest BCUT2D eigenvalue weighted by atomic mass is 32.1. The molecule has 0 aliphatic heterocycles. The minimum absolute atomic E-state index is 0.0296. The standard InChI is InChI=1S/C18H22N2O3S/c1-12-14(24-17(20-12)13-7-5-4-6-8-13)11-19-15(21)9-18(2,3)10-16(22)23/h4-8H,9-11H2,1-3H3,(H,19,21)(H,22,23). The van der Waals surface area contributed by atoms with Crippen molar-refractivity contribution in [1.29, 1.82) is 0 Å². The summed E-state index contributed by atoms with van der Waals surface area (Å²) in [6.45, 7) is 5.91. The molecular weight excluding hydrogens is 324 g/mol. The van der Waals surface area contributed by atoms with Gasteiger partial charge in [0.1, 0.15) is 5.01 Å². The van der Waals surface area contributed by atoms with Crippen LogP contribution in [0.1, 0.15) is 37.3 Å². The maximum Gasteiger partial charge on any atom is 0.303 e. The van der Waals surface area contributed by atoms with Crippen molar-refractivity contribution in [3.05, 3.63) is 40.9 Å². The summed E-state index contributed by atoms with van der Waals surface area (Å²) < 4.78 is 0. The molecule has 0 radical (unpaired) electrons. The van der Waals surface area contributed by atoms with E-state index in [0.29, 0.717) is 6.54 Å². The van der Waals surface area contributed by atoms with Crippen molar-refractivity contribution < 1.29 is 14.7 Å². The van der Waals surface area contributed by atoms with Gasteiger partial charge in [-0.25, -0.2) is 4.98 Å². The zero-order valence-electron chi connectivity index (χ0n) is 14.1. The minimum Gasteiger partial charge on any atom is -0.481 e. The third-order valence-electron chi connectivity index (χ3n) is 3.63. The predicted octanol–water partition coefficient (Wildman–Crippen LogP) is 3.63. The van der Waals surface area contributed by atoms with Gasteiger partial charge in [-0.3, -0.25) is 9.59 Å². The van der Waals surface area contributed by atoms with E-state index in [9.17, 15) is 9.59 Å². The topological polar surface area (TPSA) is 79.3 Å². The summed E-state index contributed by atoms with van der Waals surface area (Å²) in [5.74, 6) is -1.03. The molecule has 0 fully saturated rings. The van der Waals surface area contributed by atoms with Crippen LogP contribution in [0.25, 0.3) is 10.6 Å². The second-order valence-corrected chi connectivity index (χ2v) is 7.67. The number of aromatic nitrogens is 1. The van der Waals surface area contributed by atoms with E-state index in [1.807, 2.05) is 37.3 Å². The Balaban J connectivity index is 1.96. The number of carboxylic acid groups (broad SMARTS) is 1. The third kappa shape index (κ3) is 5.16. The maximum absolute atomic E-state index is 12.1. The second kappa shape index (κ2) is 7.57. The van der Waals surface area contributed by atoms with E-state index in [-0.39, 0.29) is 18.7 Å².